The number of benzene rings is 1. The lowest BCUT2D eigenvalue weighted by molar-refractivity contribution is 0.0636. The average Bonchev–Trinajstić information content (AvgIpc) is 2.35. The van der Waals surface area contributed by atoms with Crippen LogP contribution in [0.5, 0.6) is 11.5 Å². The van der Waals surface area contributed by atoms with Crippen molar-refractivity contribution >= 4 is 17.5 Å². The molecule has 112 valence electrons. The third kappa shape index (κ3) is 4.22. The third-order valence-electron chi connectivity index (χ3n) is 2.39. The van der Waals surface area contributed by atoms with Gasteiger partial charge in [-0.15, -0.1) is 0 Å². The molecule has 20 heavy (non-hydrogen) atoms. The lowest BCUT2D eigenvalue weighted by Gasteiger charge is -2.20. The molecule has 1 aromatic carbocycles. The Hall–Kier alpha value is -2.11. The maximum atomic E-state index is 11.8. The van der Waals surface area contributed by atoms with Crippen molar-refractivity contribution in [3.63, 3.8) is 0 Å². The van der Waals surface area contributed by atoms with Crippen molar-refractivity contribution in [2.24, 2.45) is 0 Å². The van der Waals surface area contributed by atoms with Crippen molar-refractivity contribution in [1.82, 2.24) is 0 Å². The van der Waals surface area contributed by atoms with Crippen molar-refractivity contribution in [2.45, 2.75) is 26.4 Å². The molecule has 2 N–H and O–H groups in total. The number of nitrogens with one attached hydrogen (secondary N) is 2. The molecule has 0 heterocycles. The topological polar surface area (TPSA) is 68.8 Å². The molecule has 1 aromatic rings. The van der Waals surface area contributed by atoms with Gasteiger partial charge in [0.15, 0.2) is 11.5 Å². The standard InChI is InChI=1S/C14H22N2O4/c1-14(2,3)20-13(17)16-9-7-10(15-4)12(19-6)11(8-9)18-5/h7-8,15H,1-6H3,(H,16,17). The maximum absolute atomic E-state index is 11.8. The second-order valence-corrected chi connectivity index (χ2v) is 5.14. The monoisotopic (exact) mass is 282 g/mol. The predicted molar refractivity (Wildman–Crippen MR) is 78.9 cm³/mol. The second-order valence-electron chi connectivity index (χ2n) is 5.14. The first-order chi connectivity index (χ1) is 9.30. The summed E-state index contributed by atoms with van der Waals surface area (Å²) in [7, 11) is 4.85. The second kappa shape index (κ2) is 6.36. The molecule has 1 amide bonds. The van der Waals surface area contributed by atoms with Crippen LogP contribution in [0.1, 0.15) is 20.8 Å². The molecule has 0 saturated heterocycles. The van der Waals surface area contributed by atoms with Gasteiger partial charge >= 0.3 is 6.09 Å². The summed E-state index contributed by atoms with van der Waals surface area (Å²) in [5, 5.41) is 5.65. The van der Waals surface area contributed by atoms with E-state index in [-0.39, 0.29) is 0 Å². The molecule has 0 atom stereocenters. The smallest absolute Gasteiger partial charge is 0.412 e. The van der Waals surface area contributed by atoms with E-state index >= 15 is 0 Å². The minimum Gasteiger partial charge on any atom is -0.493 e. The van der Waals surface area contributed by atoms with Gasteiger partial charge in [0.05, 0.1) is 25.6 Å². The van der Waals surface area contributed by atoms with E-state index in [1.54, 1.807) is 47.1 Å². The molecule has 0 spiro atoms. The molecule has 0 aliphatic carbocycles. The van der Waals surface area contributed by atoms with Gasteiger partial charge in [0.25, 0.3) is 0 Å². The molecule has 0 aliphatic heterocycles. The van der Waals surface area contributed by atoms with Gasteiger partial charge in [-0.25, -0.2) is 4.79 Å². The minimum atomic E-state index is -0.549. The number of rotatable bonds is 4. The van der Waals surface area contributed by atoms with E-state index in [1.807, 2.05) is 0 Å². The van der Waals surface area contributed by atoms with Crippen LogP contribution in [0.25, 0.3) is 0 Å². The Balaban J connectivity index is 2.99. The summed E-state index contributed by atoms with van der Waals surface area (Å²) in [6.07, 6.45) is -0.522. The summed E-state index contributed by atoms with van der Waals surface area (Å²) in [5.74, 6) is 1.09. The fraction of sp³-hybridized carbons (Fsp3) is 0.500. The van der Waals surface area contributed by atoms with Gasteiger partial charge in [0.2, 0.25) is 0 Å². The van der Waals surface area contributed by atoms with E-state index < -0.39 is 11.7 Å². The quantitative estimate of drug-likeness (QED) is 0.888. The van der Waals surface area contributed by atoms with Crippen LogP contribution in [0, 0.1) is 0 Å². The van der Waals surface area contributed by atoms with Gasteiger partial charge in [0, 0.05) is 13.1 Å². The molecule has 0 saturated carbocycles. The summed E-state index contributed by atoms with van der Waals surface area (Å²) in [4.78, 5) is 11.8. The Labute approximate surface area is 119 Å². The Bertz CT molecular complexity index is 456. The number of carbonyl (C=O) groups is 1. The molecule has 0 radical (unpaired) electrons. The number of anilines is 2. The third-order valence-corrected chi connectivity index (χ3v) is 2.39. The highest BCUT2D eigenvalue weighted by molar-refractivity contribution is 5.87. The maximum Gasteiger partial charge on any atom is 0.412 e. The van der Waals surface area contributed by atoms with Crippen LogP contribution in [-0.4, -0.2) is 33.0 Å². The minimum absolute atomic E-state index is 0.519. The Morgan fingerprint density at radius 1 is 1.15 bits per heavy atom. The van der Waals surface area contributed by atoms with Gasteiger partial charge in [-0.2, -0.15) is 0 Å². The molecule has 0 unspecified atom stereocenters. The first kappa shape index (κ1) is 15.9. The van der Waals surface area contributed by atoms with Gasteiger partial charge in [0.1, 0.15) is 5.60 Å². The van der Waals surface area contributed by atoms with Crippen LogP contribution in [-0.2, 0) is 4.74 Å². The first-order valence-corrected chi connectivity index (χ1v) is 6.24. The number of carbonyl (C=O) groups excluding carboxylic acids is 1. The molecule has 0 aromatic heterocycles. The van der Waals surface area contributed by atoms with E-state index in [1.165, 1.54) is 7.11 Å². The fourth-order valence-corrected chi connectivity index (χ4v) is 1.64. The van der Waals surface area contributed by atoms with Crippen molar-refractivity contribution in [3.8, 4) is 11.5 Å². The summed E-state index contributed by atoms with van der Waals surface area (Å²) in [5.41, 5.74) is 0.714. The predicted octanol–water partition coefficient (Wildman–Crippen LogP) is 3.09. The SMILES string of the molecule is CNc1cc(NC(=O)OC(C)(C)C)cc(OC)c1OC. The van der Waals surface area contributed by atoms with E-state index in [4.69, 9.17) is 14.2 Å². The summed E-state index contributed by atoms with van der Waals surface area (Å²) >= 11 is 0. The highest BCUT2D eigenvalue weighted by atomic mass is 16.6. The zero-order valence-electron chi connectivity index (χ0n) is 12.8. The number of amides is 1. The van der Waals surface area contributed by atoms with Crippen LogP contribution in [0.4, 0.5) is 16.2 Å². The molecule has 6 nitrogen and oxygen atoms in total. The summed E-state index contributed by atoms with van der Waals surface area (Å²) in [6, 6.07) is 3.41. The number of ether oxygens (including phenoxy) is 3. The molecule has 0 bridgehead atoms. The van der Waals surface area contributed by atoms with Crippen molar-refractivity contribution in [2.75, 3.05) is 31.9 Å². The zero-order chi connectivity index (χ0) is 15.3. The lowest BCUT2D eigenvalue weighted by atomic mass is 10.2. The Kier molecular flexibility index (Phi) is 5.07. The highest BCUT2D eigenvalue weighted by Gasteiger charge is 2.18. The van der Waals surface area contributed by atoms with Crippen LogP contribution < -0.4 is 20.1 Å². The first-order valence-electron chi connectivity index (χ1n) is 6.24. The molecule has 6 heteroatoms. The zero-order valence-corrected chi connectivity index (χ0v) is 12.8. The lowest BCUT2D eigenvalue weighted by Crippen LogP contribution is -2.27. The normalized spacial score (nSPS) is 10.7. The Morgan fingerprint density at radius 3 is 2.25 bits per heavy atom. The van der Waals surface area contributed by atoms with E-state index in [0.29, 0.717) is 22.9 Å². The largest absolute Gasteiger partial charge is 0.493 e. The molecular formula is C14H22N2O4. The molecule has 0 aliphatic rings. The molecular weight excluding hydrogens is 260 g/mol. The molecule has 1 rings (SSSR count). The van der Waals surface area contributed by atoms with Gasteiger partial charge in [-0.3, -0.25) is 5.32 Å². The number of methoxy groups -OCH3 is 2. The summed E-state index contributed by atoms with van der Waals surface area (Å²) in [6.45, 7) is 5.42. The average molecular weight is 282 g/mol. The van der Waals surface area contributed by atoms with E-state index in [0.717, 1.165) is 0 Å². The summed E-state index contributed by atoms with van der Waals surface area (Å²) < 4.78 is 15.7. The Morgan fingerprint density at radius 2 is 1.80 bits per heavy atom. The number of hydrogen-bond acceptors (Lipinski definition) is 5. The van der Waals surface area contributed by atoms with Gasteiger partial charge in [-0.05, 0) is 26.8 Å². The fourth-order valence-electron chi connectivity index (χ4n) is 1.64. The van der Waals surface area contributed by atoms with Crippen LogP contribution in [0.2, 0.25) is 0 Å². The highest BCUT2D eigenvalue weighted by Crippen LogP contribution is 2.38. The van der Waals surface area contributed by atoms with E-state index in [2.05, 4.69) is 10.6 Å². The van der Waals surface area contributed by atoms with Crippen LogP contribution in [0.15, 0.2) is 12.1 Å². The van der Waals surface area contributed by atoms with Crippen molar-refractivity contribution in [3.05, 3.63) is 12.1 Å². The van der Waals surface area contributed by atoms with Gasteiger partial charge in [-0.1, -0.05) is 0 Å². The van der Waals surface area contributed by atoms with Crippen LogP contribution in [0.3, 0.4) is 0 Å². The number of hydrogen-bond donors (Lipinski definition) is 2. The molecule has 0 fully saturated rings. The van der Waals surface area contributed by atoms with Crippen molar-refractivity contribution in [1.29, 1.82) is 0 Å². The van der Waals surface area contributed by atoms with E-state index in [9.17, 15) is 4.79 Å². The van der Waals surface area contributed by atoms with Gasteiger partial charge < -0.3 is 19.5 Å². The van der Waals surface area contributed by atoms with Crippen molar-refractivity contribution < 1.29 is 19.0 Å². The van der Waals surface area contributed by atoms with Crippen LogP contribution >= 0.6 is 0 Å².